The predicted octanol–water partition coefficient (Wildman–Crippen LogP) is 3.50. The van der Waals surface area contributed by atoms with Crippen molar-refractivity contribution in [3.8, 4) is 0 Å². The Morgan fingerprint density at radius 2 is 1.92 bits per heavy atom. The summed E-state index contributed by atoms with van der Waals surface area (Å²) in [6.07, 6.45) is 0. The van der Waals surface area contributed by atoms with Gasteiger partial charge in [0.15, 0.2) is 0 Å². The summed E-state index contributed by atoms with van der Waals surface area (Å²) in [5, 5.41) is 7.17. The number of amides is 1. The van der Waals surface area contributed by atoms with Crippen molar-refractivity contribution >= 4 is 33.2 Å². The lowest BCUT2D eigenvalue weighted by Gasteiger charge is -2.11. The minimum Gasteiger partial charge on any atom is -0.322 e. The number of nitrogens with two attached hydrogens (primary N) is 1. The van der Waals surface area contributed by atoms with E-state index < -0.39 is 32.2 Å². The average molecular weight is 371 g/mol. The highest BCUT2D eigenvalue weighted by Crippen LogP contribution is 2.25. The highest BCUT2D eigenvalue weighted by Gasteiger charge is 2.21. The molecule has 128 valence electrons. The van der Waals surface area contributed by atoms with Crippen molar-refractivity contribution in [2.24, 2.45) is 5.14 Å². The topological polar surface area (TPSA) is 89.3 Å². The molecule has 1 amide bonds. The molecule has 2 aromatic carbocycles. The standard InChI is InChI=1S/C16H16ClFN2O3S/c1-9(2)10-4-3-5-11(6-10)20-16(21)12-7-15(24(19,22)23)13(17)8-14(12)18/h3-9H,1-2H3,(H,20,21)(H2,19,22,23). The first-order valence-corrected chi connectivity index (χ1v) is 8.95. The third kappa shape index (κ3) is 4.11. The first-order valence-electron chi connectivity index (χ1n) is 7.02. The van der Waals surface area contributed by atoms with Gasteiger partial charge < -0.3 is 5.32 Å². The number of primary sulfonamides is 1. The van der Waals surface area contributed by atoms with E-state index in [0.717, 1.165) is 17.7 Å². The van der Waals surface area contributed by atoms with Gasteiger partial charge in [-0.15, -0.1) is 0 Å². The maximum Gasteiger partial charge on any atom is 0.258 e. The number of hydrogen-bond acceptors (Lipinski definition) is 3. The minimum absolute atomic E-state index is 0.253. The Hall–Kier alpha value is -1.96. The normalized spacial score (nSPS) is 11.6. The average Bonchev–Trinajstić information content (AvgIpc) is 2.45. The minimum atomic E-state index is -4.18. The van der Waals surface area contributed by atoms with Gasteiger partial charge in [-0.25, -0.2) is 17.9 Å². The molecule has 3 N–H and O–H groups in total. The van der Waals surface area contributed by atoms with Crippen LogP contribution in [0.25, 0.3) is 0 Å². The molecule has 0 fully saturated rings. The summed E-state index contributed by atoms with van der Waals surface area (Å²) in [5.41, 5.74) is 1.01. The molecule has 0 aliphatic rings. The van der Waals surface area contributed by atoms with Gasteiger partial charge in [-0.3, -0.25) is 4.79 Å². The van der Waals surface area contributed by atoms with Crippen LogP contribution in [0.2, 0.25) is 5.02 Å². The number of nitrogens with one attached hydrogen (secondary N) is 1. The predicted molar refractivity (Wildman–Crippen MR) is 91.3 cm³/mol. The smallest absolute Gasteiger partial charge is 0.258 e. The molecule has 2 aromatic rings. The maximum absolute atomic E-state index is 14.0. The molecule has 0 aliphatic carbocycles. The second-order valence-corrected chi connectivity index (χ2v) is 7.48. The first-order chi connectivity index (χ1) is 11.1. The van der Waals surface area contributed by atoms with Crippen molar-refractivity contribution in [2.45, 2.75) is 24.7 Å². The summed E-state index contributed by atoms with van der Waals surface area (Å²) >= 11 is 5.68. The van der Waals surface area contributed by atoms with Crippen LogP contribution in [0.4, 0.5) is 10.1 Å². The van der Waals surface area contributed by atoms with Gasteiger partial charge in [0.25, 0.3) is 5.91 Å². The van der Waals surface area contributed by atoms with E-state index in [-0.39, 0.29) is 10.9 Å². The van der Waals surface area contributed by atoms with Gasteiger partial charge in [0.05, 0.1) is 10.6 Å². The lowest BCUT2D eigenvalue weighted by Crippen LogP contribution is -2.18. The van der Waals surface area contributed by atoms with Crippen molar-refractivity contribution in [2.75, 3.05) is 5.32 Å². The number of benzene rings is 2. The fraction of sp³-hybridized carbons (Fsp3) is 0.188. The molecule has 0 saturated carbocycles. The fourth-order valence-electron chi connectivity index (χ4n) is 2.10. The van der Waals surface area contributed by atoms with Crippen LogP contribution in [0.3, 0.4) is 0 Å². The Morgan fingerprint density at radius 1 is 1.25 bits per heavy atom. The number of carbonyl (C=O) groups excluding carboxylic acids is 1. The van der Waals surface area contributed by atoms with Crippen LogP contribution in [-0.4, -0.2) is 14.3 Å². The molecule has 2 rings (SSSR count). The third-order valence-corrected chi connectivity index (χ3v) is 4.76. The van der Waals surface area contributed by atoms with E-state index >= 15 is 0 Å². The second-order valence-electron chi connectivity index (χ2n) is 5.54. The summed E-state index contributed by atoms with van der Waals surface area (Å²) in [6.45, 7) is 4.00. The molecule has 0 atom stereocenters. The quantitative estimate of drug-likeness (QED) is 0.863. The zero-order valence-electron chi connectivity index (χ0n) is 13.0. The van der Waals surface area contributed by atoms with Gasteiger partial charge in [-0.1, -0.05) is 37.6 Å². The molecule has 0 aromatic heterocycles. The Labute approximate surface area is 144 Å². The van der Waals surface area contributed by atoms with Gasteiger partial charge in [0.2, 0.25) is 10.0 Å². The zero-order chi connectivity index (χ0) is 18.1. The van der Waals surface area contributed by atoms with Crippen LogP contribution in [0.15, 0.2) is 41.3 Å². The number of carbonyl (C=O) groups is 1. The molecule has 8 heteroatoms. The molecule has 0 aliphatic heterocycles. The van der Waals surface area contributed by atoms with Gasteiger partial charge in [0.1, 0.15) is 10.7 Å². The van der Waals surface area contributed by atoms with Crippen LogP contribution in [0.1, 0.15) is 35.7 Å². The molecule has 0 bridgehead atoms. The summed E-state index contributed by atoms with van der Waals surface area (Å²) in [7, 11) is -4.18. The molecular weight excluding hydrogens is 355 g/mol. The van der Waals surface area contributed by atoms with Gasteiger partial charge in [-0.2, -0.15) is 0 Å². The molecule has 0 radical (unpaired) electrons. The second kappa shape index (κ2) is 6.88. The van der Waals surface area contributed by atoms with Crippen LogP contribution in [0.5, 0.6) is 0 Å². The van der Waals surface area contributed by atoms with Crippen LogP contribution >= 0.6 is 11.6 Å². The van der Waals surface area contributed by atoms with E-state index in [4.69, 9.17) is 16.7 Å². The lowest BCUT2D eigenvalue weighted by atomic mass is 10.0. The van der Waals surface area contributed by atoms with Crippen molar-refractivity contribution in [3.63, 3.8) is 0 Å². The van der Waals surface area contributed by atoms with Crippen molar-refractivity contribution < 1.29 is 17.6 Å². The van der Waals surface area contributed by atoms with E-state index in [1.54, 1.807) is 18.2 Å². The van der Waals surface area contributed by atoms with Crippen molar-refractivity contribution in [1.29, 1.82) is 0 Å². The number of anilines is 1. The SMILES string of the molecule is CC(C)c1cccc(NC(=O)c2cc(S(N)(=O)=O)c(Cl)cc2F)c1. The number of rotatable bonds is 4. The third-order valence-electron chi connectivity index (χ3n) is 3.38. The van der Waals surface area contributed by atoms with Crippen LogP contribution in [0, 0.1) is 5.82 Å². The monoisotopic (exact) mass is 370 g/mol. The highest BCUT2D eigenvalue weighted by atomic mass is 35.5. The summed E-state index contributed by atoms with van der Waals surface area (Å²) < 4.78 is 36.9. The molecule has 24 heavy (non-hydrogen) atoms. The summed E-state index contributed by atoms with van der Waals surface area (Å²) in [5.74, 6) is -1.48. The van der Waals surface area contributed by atoms with E-state index in [2.05, 4.69) is 5.32 Å². The Balaban J connectivity index is 2.38. The van der Waals surface area contributed by atoms with Crippen molar-refractivity contribution in [3.05, 3.63) is 58.4 Å². The fourth-order valence-corrected chi connectivity index (χ4v) is 3.18. The molecule has 0 saturated heterocycles. The number of sulfonamides is 1. The van der Waals surface area contributed by atoms with E-state index in [1.165, 1.54) is 0 Å². The molecule has 0 spiro atoms. The molecule has 0 unspecified atom stereocenters. The van der Waals surface area contributed by atoms with Gasteiger partial charge in [0, 0.05) is 5.69 Å². The van der Waals surface area contributed by atoms with E-state index in [9.17, 15) is 17.6 Å². The molecule has 5 nitrogen and oxygen atoms in total. The van der Waals surface area contributed by atoms with Crippen LogP contribution < -0.4 is 10.5 Å². The van der Waals surface area contributed by atoms with Crippen LogP contribution in [-0.2, 0) is 10.0 Å². The zero-order valence-corrected chi connectivity index (χ0v) is 14.6. The maximum atomic E-state index is 14.0. The summed E-state index contributed by atoms with van der Waals surface area (Å²) in [4.78, 5) is 11.8. The Bertz CT molecular complexity index is 898. The Kier molecular flexibility index (Phi) is 5.27. The number of hydrogen-bond donors (Lipinski definition) is 2. The summed E-state index contributed by atoms with van der Waals surface area (Å²) in [6, 6.07) is 8.66. The van der Waals surface area contributed by atoms with E-state index in [0.29, 0.717) is 5.69 Å². The lowest BCUT2D eigenvalue weighted by molar-refractivity contribution is 0.102. The number of halogens is 2. The first kappa shape index (κ1) is 18.4. The highest BCUT2D eigenvalue weighted by molar-refractivity contribution is 7.89. The van der Waals surface area contributed by atoms with Gasteiger partial charge in [-0.05, 0) is 35.7 Å². The Morgan fingerprint density at radius 3 is 2.50 bits per heavy atom. The van der Waals surface area contributed by atoms with Gasteiger partial charge >= 0.3 is 0 Å². The van der Waals surface area contributed by atoms with E-state index in [1.807, 2.05) is 19.9 Å². The molecular formula is C16H16ClFN2O3S. The van der Waals surface area contributed by atoms with Crippen molar-refractivity contribution in [1.82, 2.24) is 0 Å². The largest absolute Gasteiger partial charge is 0.322 e. The molecule has 0 heterocycles.